The molecule has 3 rings (SSSR count). The largest absolute Gasteiger partial charge is 0.373 e. The van der Waals surface area contributed by atoms with Crippen LogP contribution in [0.1, 0.15) is 17.9 Å². The van der Waals surface area contributed by atoms with Crippen molar-refractivity contribution in [2.24, 2.45) is 0 Å². The van der Waals surface area contributed by atoms with Crippen molar-refractivity contribution in [2.45, 2.75) is 18.4 Å². The van der Waals surface area contributed by atoms with Crippen LogP contribution >= 0.6 is 0 Å². The minimum Gasteiger partial charge on any atom is -0.373 e. The van der Waals surface area contributed by atoms with E-state index in [1.807, 2.05) is 18.2 Å². The Balaban J connectivity index is 1.69. The van der Waals surface area contributed by atoms with Crippen LogP contribution in [0.15, 0.2) is 36.5 Å². The average molecular weight is 244 g/mol. The molecule has 2 atom stereocenters. The Labute approximate surface area is 103 Å². The monoisotopic (exact) mass is 244 g/mol. The van der Waals surface area contributed by atoms with Gasteiger partial charge in [-0.05, 0) is 16.9 Å². The van der Waals surface area contributed by atoms with Gasteiger partial charge in [0.05, 0.1) is 0 Å². The molecule has 0 bridgehead atoms. The lowest BCUT2D eigenvalue weighted by atomic mass is 10.1. The summed E-state index contributed by atoms with van der Waals surface area (Å²) in [4.78, 5) is 10.3. The first kappa shape index (κ1) is 10.8. The summed E-state index contributed by atoms with van der Waals surface area (Å²) in [7, 11) is 0. The number of aromatic nitrogens is 2. The first-order valence-electron chi connectivity index (χ1n) is 5.75. The number of nitrogens with zero attached hydrogens (tertiary/aromatic N) is 2. The van der Waals surface area contributed by atoms with Crippen molar-refractivity contribution in [1.82, 2.24) is 10.2 Å². The van der Waals surface area contributed by atoms with Crippen molar-refractivity contribution in [2.75, 3.05) is 5.32 Å². The molecule has 0 amide bonds. The van der Waals surface area contributed by atoms with Crippen LogP contribution < -0.4 is 5.32 Å². The molecule has 92 valence electrons. The number of rotatable bonds is 4. The van der Waals surface area contributed by atoms with E-state index in [2.05, 4.69) is 27.6 Å². The number of nitro groups is 1. The molecule has 1 aromatic carbocycles. The number of benzene rings is 1. The summed E-state index contributed by atoms with van der Waals surface area (Å²) in [6.07, 6.45) is 2.45. The van der Waals surface area contributed by atoms with Crippen molar-refractivity contribution in [1.29, 1.82) is 0 Å². The van der Waals surface area contributed by atoms with Crippen LogP contribution in [0, 0.1) is 10.1 Å². The van der Waals surface area contributed by atoms with Crippen LogP contribution in [-0.4, -0.2) is 21.2 Å². The van der Waals surface area contributed by atoms with Gasteiger partial charge in [-0.1, -0.05) is 35.4 Å². The van der Waals surface area contributed by atoms with E-state index in [9.17, 15) is 10.1 Å². The number of hydrogen-bond donors (Lipinski definition) is 2. The molecule has 2 N–H and O–H groups in total. The van der Waals surface area contributed by atoms with Crippen molar-refractivity contribution in [3.05, 3.63) is 52.2 Å². The molecule has 1 aliphatic carbocycles. The van der Waals surface area contributed by atoms with E-state index in [0.717, 1.165) is 6.42 Å². The Bertz CT molecular complexity index is 566. The molecule has 1 aromatic heterocycles. The summed E-state index contributed by atoms with van der Waals surface area (Å²) in [5.74, 6) is 0.356. The average Bonchev–Trinajstić information content (AvgIpc) is 2.97. The molecule has 1 fully saturated rings. The Morgan fingerprint density at radius 2 is 2.17 bits per heavy atom. The van der Waals surface area contributed by atoms with Crippen LogP contribution in [-0.2, 0) is 0 Å². The summed E-state index contributed by atoms with van der Waals surface area (Å²) in [5, 5.41) is 20.0. The third-order valence-corrected chi connectivity index (χ3v) is 3.16. The van der Waals surface area contributed by atoms with Crippen LogP contribution in [0.25, 0.3) is 0 Å². The van der Waals surface area contributed by atoms with Gasteiger partial charge in [-0.3, -0.25) is 0 Å². The Hall–Kier alpha value is -2.37. The van der Waals surface area contributed by atoms with Crippen molar-refractivity contribution in [3.63, 3.8) is 0 Å². The molecular weight excluding hydrogens is 232 g/mol. The smallest absolute Gasteiger partial charge is 0.366 e. The summed E-state index contributed by atoms with van der Waals surface area (Å²) < 4.78 is 0. The zero-order chi connectivity index (χ0) is 12.5. The summed E-state index contributed by atoms with van der Waals surface area (Å²) >= 11 is 0. The topological polar surface area (TPSA) is 83.8 Å². The van der Waals surface area contributed by atoms with Gasteiger partial charge in [0.2, 0.25) is 0 Å². The first-order valence-corrected chi connectivity index (χ1v) is 5.75. The van der Waals surface area contributed by atoms with Crippen molar-refractivity contribution < 1.29 is 4.92 Å². The fraction of sp³-hybridized carbons (Fsp3) is 0.250. The van der Waals surface area contributed by atoms with Gasteiger partial charge in [-0.15, -0.1) is 5.10 Å². The van der Waals surface area contributed by atoms with E-state index in [-0.39, 0.29) is 11.9 Å². The third kappa shape index (κ3) is 1.92. The zero-order valence-electron chi connectivity index (χ0n) is 9.54. The zero-order valence-corrected chi connectivity index (χ0v) is 9.54. The van der Waals surface area contributed by atoms with Crippen molar-refractivity contribution >= 4 is 11.5 Å². The molecule has 0 saturated heterocycles. The fourth-order valence-corrected chi connectivity index (χ4v) is 2.15. The molecule has 1 heterocycles. The highest BCUT2D eigenvalue weighted by Gasteiger charge is 2.39. The van der Waals surface area contributed by atoms with Gasteiger partial charge in [0.15, 0.2) is 5.69 Å². The van der Waals surface area contributed by atoms with Gasteiger partial charge in [0.1, 0.15) is 6.20 Å². The second-order valence-electron chi connectivity index (χ2n) is 4.39. The summed E-state index contributed by atoms with van der Waals surface area (Å²) in [6.45, 7) is 0. The molecule has 2 unspecified atom stereocenters. The number of aromatic amines is 1. The molecule has 1 saturated carbocycles. The Morgan fingerprint density at radius 3 is 2.89 bits per heavy atom. The van der Waals surface area contributed by atoms with E-state index in [0.29, 0.717) is 11.6 Å². The van der Waals surface area contributed by atoms with Crippen LogP contribution in [0.2, 0.25) is 0 Å². The minimum atomic E-state index is -0.463. The van der Waals surface area contributed by atoms with E-state index in [1.54, 1.807) is 0 Å². The number of H-pyrrole nitrogens is 1. The molecule has 1 aliphatic rings. The van der Waals surface area contributed by atoms with Gasteiger partial charge in [0.25, 0.3) is 0 Å². The van der Waals surface area contributed by atoms with E-state index in [1.165, 1.54) is 11.8 Å². The first-order chi connectivity index (χ1) is 8.75. The third-order valence-electron chi connectivity index (χ3n) is 3.16. The van der Waals surface area contributed by atoms with Crippen molar-refractivity contribution in [3.8, 4) is 0 Å². The minimum absolute atomic E-state index is 0.0753. The lowest BCUT2D eigenvalue weighted by molar-refractivity contribution is -0.388. The predicted octanol–water partition coefficient (Wildman–Crippen LogP) is 2.29. The molecule has 2 aromatic rings. The second-order valence-corrected chi connectivity index (χ2v) is 4.39. The molecule has 6 nitrogen and oxygen atoms in total. The van der Waals surface area contributed by atoms with Crippen LogP contribution in [0.4, 0.5) is 11.5 Å². The Kier molecular flexibility index (Phi) is 2.47. The molecule has 0 spiro atoms. The van der Waals surface area contributed by atoms with Gasteiger partial charge in [-0.25, -0.2) is 0 Å². The summed E-state index contributed by atoms with van der Waals surface area (Å²) in [6, 6.07) is 10.4. The van der Waals surface area contributed by atoms with Gasteiger partial charge in [0, 0.05) is 12.0 Å². The molecule has 6 heteroatoms. The SMILES string of the molecule is O=[N+]([O-])c1[nH]ncc1NC1CC1c1ccccc1. The predicted molar refractivity (Wildman–Crippen MR) is 66.5 cm³/mol. The maximum absolute atomic E-state index is 10.7. The standard InChI is InChI=1S/C12H12N4O2/c17-16(18)12-11(7-13-15-12)14-10-6-9(10)8-4-2-1-3-5-8/h1-5,7,9-10,14H,6H2,(H,13,15). The van der Waals surface area contributed by atoms with Crippen LogP contribution in [0.3, 0.4) is 0 Å². The molecule has 18 heavy (non-hydrogen) atoms. The maximum Gasteiger partial charge on any atom is 0.366 e. The quantitative estimate of drug-likeness (QED) is 0.638. The Morgan fingerprint density at radius 1 is 1.39 bits per heavy atom. The lowest BCUT2D eigenvalue weighted by Crippen LogP contribution is -2.05. The van der Waals surface area contributed by atoms with E-state index < -0.39 is 4.92 Å². The van der Waals surface area contributed by atoms with E-state index >= 15 is 0 Å². The maximum atomic E-state index is 10.7. The normalized spacial score (nSPS) is 21.6. The van der Waals surface area contributed by atoms with Crippen LogP contribution in [0.5, 0.6) is 0 Å². The number of hydrogen-bond acceptors (Lipinski definition) is 4. The molecule has 0 radical (unpaired) electrons. The van der Waals surface area contributed by atoms with Gasteiger partial charge in [-0.2, -0.15) is 0 Å². The second kappa shape index (κ2) is 4.14. The number of nitrogens with one attached hydrogen (secondary N) is 2. The number of anilines is 1. The highest BCUT2D eigenvalue weighted by molar-refractivity contribution is 5.57. The van der Waals surface area contributed by atoms with Gasteiger partial charge < -0.3 is 15.4 Å². The molecular formula is C12H12N4O2. The summed E-state index contributed by atoms with van der Waals surface area (Å²) in [5.41, 5.74) is 1.73. The van der Waals surface area contributed by atoms with E-state index in [4.69, 9.17) is 0 Å². The molecule has 0 aliphatic heterocycles. The highest BCUT2D eigenvalue weighted by atomic mass is 16.6. The highest BCUT2D eigenvalue weighted by Crippen LogP contribution is 2.43. The fourth-order valence-electron chi connectivity index (χ4n) is 2.15. The van der Waals surface area contributed by atoms with Gasteiger partial charge >= 0.3 is 5.82 Å². The lowest BCUT2D eigenvalue weighted by Gasteiger charge is -2.03.